The summed E-state index contributed by atoms with van der Waals surface area (Å²) in [6, 6.07) is 7.60. The predicted molar refractivity (Wildman–Crippen MR) is 83.6 cm³/mol. The van der Waals surface area contributed by atoms with Crippen molar-refractivity contribution in [1.29, 1.82) is 0 Å². The van der Waals surface area contributed by atoms with Crippen molar-refractivity contribution in [2.45, 2.75) is 25.8 Å². The number of amides is 1. The van der Waals surface area contributed by atoms with Crippen molar-refractivity contribution in [3.63, 3.8) is 0 Å². The number of rotatable bonds is 7. The normalized spacial score (nSPS) is 15.5. The molecular weight excluding hydrogens is 282 g/mol. The molecule has 0 bridgehead atoms. The molecule has 0 aromatic heterocycles. The highest BCUT2D eigenvalue weighted by atomic mass is 16.5. The highest BCUT2D eigenvalue weighted by molar-refractivity contribution is 5.92. The Morgan fingerprint density at radius 3 is 2.77 bits per heavy atom. The molecule has 1 aliphatic carbocycles. The number of benzene rings is 1. The van der Waals surface area contributed by atoms with Gasteiger partial charge in [0.25, 0.3) is 0 Å². The first kappa shape index (κ1) is 16.1. The van der Waals surface area contributed by atoms with E-state index in [1.807, 2.05) is 24.3 Å². The lowest BCUT2D eigenvalue weighted by Gasteiger charge is -2.22. The molecule has 1 amide bonds. The smallest absolute Gasteiger partial charge is 0.308 e. The monoisotopic (exact) mass is 303 g/mol. The summed E-state index contributed by atoms with van der Waals surface area (Å²) in [4.78, 5) is 25.0. The summed E-state index contributed by atoms with van der Waals surface area (Å²) in [6.45, 7) is 1.87. The van der Waals surface area contributed by atoms with Gasteiger partial charge in [0.15, 0.2) is 0 Å². The molecule has 1 saturated carbocycles. The van der Waals surface area contributed by atoms with Crippen LogP contribution in [-0.4, -0.2) is 41.6 Å². The van der Waals surface area contributed by atoms with Gasteiger partial charge in [-0.3, -0.25) is 9.59 Å². The van der Waals surface area contributed by atoms with E-state index in [1.165, 1.54) is 6.08 Å². The number of hydrogen-bond donors (Lipinski definition) is 1. The van der Waals surface area contributed by atoms with E-state index in [2.05, 4.69) is 0 Å². The van der Waals surface area contributed by atoms with E-state index >= 15 is 0 Å². The zero-order valence-electron chi connectivity index (χ0n) is 12.9. The number of carbonyl (C=O) groups excluding carboxylic acids is 1. The summed E-state index contributed by atoms with van der Waals surface area (Å²) in [7, 11) is 1.59. The van der Waals surface area contributed by atoms with E-state index in [-0.39, 0.29) is 18.5 Å². The molecule has 1 N–H and O–H groups in total. The Morgan fingerprint density at radius 2 is 2.18 bits per heavy atom. The van der Waals surface area contributed by atoms with Gasteiger partial charge in [-0.05, 0) is 36.6 Å². The van der Waals surface area contributed by atoms with Crippen LogP contribution in [0, 0.1) is 5.92 Å². The van der Waals surface area contributed by atoms with Crippen molar-refractivity contribution in [3.8, 4) is 5.75 Å². The SMILES string of the molecule is COc1cccc(/C=C/C(=O)N(CC(C)C(=O)O)C2CC2)c1. The van der Waals surface area contributed by atoms with Gasteiger partial charge in [-0.1, -0.05) is 19.1 Å². The number of carboxylic acids is 1. The van der Waals surface area contributed by atoms with Gasteiger partial charge in [0.05, 0.1) is 13.0 Å². The van der Waals surface area contributed by atoms with Crippen molar-refractivity contribution in [2.75, 3.05) is 13.7 Å². The lowest BCUT2D eigenvalue weighted by atomic mass is 10.1. The second kappa shape index (κ2) is 7.11. The van der Waals surface area contributed by atoms with Crippen molar-refractivity contribution in [3.05, 3.63) is 35.9 Å². The highest BCUT2D eigenvalue weighted by Crippen LogP contribution is 2.28. The third-order valence-electron chi connectivity index (χ3n) is 3.68. The first-order valence-corrected chi connectivity index (χ1v) is 7.37. The molecular formula is C17H21NO4. The van der Waals surface area contributed by atoms with E-state index in [0.717, 1.165) is 24.2 Å². The summed E-state index contributed by atoms with van der Waals surface area (Å²) in [5.41, 5.74) is 0.870. The van der Waals surface area contributed by atoms with Crippen LogP contribution >= 0.6 is 0 Å². The Bertz CT molecular complexity index is 578. The van der Waals surface area contributed by atoms with Gasteiger partial charge >= 0.3 is 5.97 Å². The van der Waals surface area contributed by atoms with Crippen LogP contribution in [0.15, 0.2) is 30.3 Å². The summed E-state index contributed by atoms with van der Waals surface area (Å²) in [5, 5.41) is 9.01. The lowest BCUT2D eigenvalue weighted by molar-refractivity contribution is -0.142. The van der Waals surface area contributed by atoms with Crippen LogP contribution < -0.4 is 4.74 Å². The molecule has 0 saturated heterocycles. The Kier molecular flexibility index (Phi) is 5.20. The maximum atomic E-state index is 12.3. The molecule has 0 spiro atoms. The third kappa shape index (κ3) is 4.35. The van der Waals surface area contributed by atoms with Crippen LogP contribution in [-0.2, 0) is 9.59 Å². The minimum Gasteiger partial charge on any atom is -0.497 e. The number of carboxylic acid groups (broad SMARTS) is 1. The maximum absolute atomic E-state index is 12.3. The van der Waals surface area contributed by atoms with Gasteiger partial charge in [0.1, 0.15) is 5.75 Å². The fourth-order valence-corrected chi connectivity index (χ4v) is 2.19. The Labute approximate surface area is 130 Å². The highest BCUT2D eigenvalue weighted by Gasteiger charge is 2.33. The molecule has 118 valence electrons. The fourth-order valence-electron chi connectivity index (χ4n) is 2.19. The average Bonchev–Trinajstić information content (AvgIpc) is 3.34. The van der Waals surface area contributed by atoms with E-state index in [9.17, 15) is 9.59 Å². The quantitative estimate of drug-likeness (QED) is 0.786. The van der Waals surface area contributed by atoms with E-state index < -0.39 is 11.9 Å². The van der Waals surface area contributed by atoms with E-state index in [4.69, 9.17) is 9.84 Å². The van der Waals surface area contributed by atoms with E-state index in [1.54, 1.807) is 25.0 Å². The van der Waals surface area contributed by atoms with Crippen molar-refractivity contribution >= 4 is 18.0 Å². The zero-order chi connectivity index (χ0) is 16.1. The fraction of sp³-hybridized carbons (Fsp3) is 0.412. The minimum absolute atomic E-state index is 0.140. The van der Waals surface area contributed by atoms with Gasteiger partial charge in [-0.25, -0.2) is 0 Å². The molecule has 1 atom stereocenters. The van der Waals surface area contributed by atoms with Crippen molar-refractivity contribution in [2.24, 2.45) is 5.92 Å². The molecule has 2 rings (SSSR count). The Morgan fingerprint density at radius 1 is 1.45 bits per heavy atom. The van der Waals surface area contributed by atoms with Crippen LogP contribution in [0.1, 0.15) is 25.3 Å². The van der Waals surface area contributed by atoms with Crippen LogP contribution in [0.4, 0.5) is 0 Å². The summed E-state index contributed by atoms with van der Waals surface area (Å²) in [5.74, 6) is -0.850. The molecule has 1 aromatic carbocycles. The minimum atomic E-state index is -0.879. The second-order valence-electron chi connectivity index (χ2n) is 5.57. The van der Waals surface area contributed by atoms with Gasteiger partial charge in [0, 0.05) is 18.7 Å². The molecule has 1 aliphatic rings. The second-order valence-corrected chi connectivity index (χ2v) is 5.57. The molecule has 0 heterocycles. The number of hydrogen-bond acceptors (Lipinski definition) is 3. The first-order valence-electron chi connectivity index (χ1n) is 7.37. The number of ether oxygens (including phenoxy) is 1. The lowest BCUT2D eigenvalue weighted by Crippen LogP contribution is -2.37. The molecule has 1 unspecified atom stereocenters. The molecule has 22 heavy (non-hydrogen) atoms. The molecule has 1 aromatic rings. The zero-order valence-corrected chi connectivity index (χ0v) is 12.9. The maximum Gasteiger partial charge on any atom is 0.308 e. The molecule has 5 heteroatoms. The van der Waals surface area contributed by atoms with E-state index in [0.29, 0.717) is 0 Å². The first-order chi connectivity index (χ1) is 10.5. The standard InChI is InChI=1S/C17H21NO4/c1-12(17(20)21)11-18(14-7-8-14)16(19)9-6-13-4-3-5-15(10-13)22-2/h3-6,9-10,12,14H,7-8,11H2,1-2H3,(H,20,21)/b9-6+. The number of carbonyl (C=O) groups is 2. The summed E-state index contributed by atoms with van der Waals surface area (Å²) >= 11 is 0. The number of methoxy groups -OCH3 is 1. The largest absolute Gasteiger partial charge is 0.497 e. The Hall–Kier alpha value is -2.30. The van der Waals surface area contributed by atoms with Crippen LogP contribution in [0.25, 0.3) is 6.08 Å². The van der Waals surface area contributed by atoms with Gasteiger partial charge < -0.3 is 14.7 Å². The van der Waals surface area contributed by atoms with Crippen molar-refractivity contribution in [1.82, 2.24) is 4.90 Å². The third-order valence-corrected chi connectivity index (χ3v) is 3.68. The average molecular weight is 303 g/mol. The van der Waals surface area contributed by atoms with Gasteiger partial charge in [-0.2, -0.15) is 0 Å². The summed E-state index contributed by atoms with van der Waals surface area (Å²) in [6.07, 6.45) is 5.13. The summed E-state index contributed by atoms with van der Waals surface area (Å²) < 4.78 is 5.14. The molecule has 5 nitrogen and oxygen atoms in total. The topological polar surface area (TPSA) is 66.8 Å². The molecule has 0 aliphatic heterocycles. The van der Waals surface area contributed by atoms with Crippen molar-refractivity contribution < 1.29 is 19.4 Å². The number of nitrogens with zero attached hydrogens (tertiary/aromatic N) is 1. The van der Waals surface area contributed by atoms with Gasteiger partial charge in [-0.15, -0.1) is 0 Å². The van der Waals surface area contributed by atoms with Gasteiger partial charge in [0.2, 0.25) is 5.91 Å². The predicted octanol–water partition coefficient (Wildman–Crippen LogP) is 2.42. The number of aliphatic carboxylic acids is 1. The molecule has 1 fully saturated rings. The van der Waals surface area contributed by atoms with Crippen LogP contribution in [0.5, 0.6) is 5.75 Å². The molecule has 0 radical (unpaired) electrons. The Balaban J connectivity index is 2.04. The van der Waals surface area contributed by atoms with Crippen LogP contribution in [0.2, 0.25) is 0 Å². The van der Waals surface area contributed by atoms with Crippen LogP contribution in [0.3, 0.4) is 0 Å².